The largest absolute Gasteiger partial charge is 0.317 e. The van der Waals surface area contributed by atoms with Gasteiger partial charge in [0.25, 0.3) is 0 Å². The summed E-state index contributed by atoms with van der Waals surface area (Å²) in [5, 5.41) is 3.22. The molecule has 0 bridgehead atoms. The normalized spacial score (nSPS) is 20.1. The third kappa shape index (κ3) is 5.79. The monoisotopic (exact) mass is 288 g/mol. The predicted molar refractivity (Wildman–Crippen MR) is 78.5 cm³/mol. The summed E-state index contributed by atoms with van der Waals surface area (Å²) in [6, 6.07) is 0. The molecule has 2 aliphatic rings. The lowest BCUT2D eigenvalue weighted by molar-refractivity contribution is 0.401. The van der Waals surface area contributed by atoms with Crippen molar-refractivity contribution in [3.05, 3.63) is 0 Å². The highest BCUT2D eigenvalue weighted by atomic mass is 32.2. The average molecular weight is 288 g/mol. The third-order valence-electron chi connectivity index (χ3n) is 4.26. The van der Waals surface area contributed by atoms with Gasteiger partial charge < -0.3 is 5.32 Å². The fraction of sp³-hybridized carbons (Fsp3) is 1.00. The van der Waals surface area contributed by atoms with Crippen LogP contribution in [0.25, 0.3) is 0 Å². The zero-order chi connectivity index (χ0) is 13.7. The molecule has 0 amide bonds. The Morgan fingerprint density at radius 1 is 1.11 bits per heavy atom. The van der Waals surface area contributed by atoms with E-state index >= 15 is 0 Å². The van der Waals surface area contributed by atoms with Gasteiger partial charge in [-0.05, 0) is 69.4 Å². The van der Waals surface area contributed by atoms with Gasteiger partial charge in [-0.25, -0.2) is 13.1 Å². The highest BCUT2D eigenvalue weighted by Crippen LogP contribution is 2.48. The molecule has 0 unspecified atom stereocenters. The molecule has 2 rings (SSSR count). The van der Waals surface area contributed by atoms with Crippen LogP contribution in [0, 0.1) is 17.8 Å². The predicted octanol–water partition coefficient (Wildman–Crippen LogP) is 1.73. The standard InChI is InChI=1S/C14H28N2O2S/c1-2-15-9-3-4-10-19(17,18)16-11-14(12-5-6-12)13-7-8-13/h12-16H,2-11H2,1H3. The second-order valence-corrected chi connectivity index (χ2v) is 7.99. The summed E-state index contributed by atoms with van der Waals surface area (Å²) >= 11 is 0. The van der Waals surface area contributed by atoms with Crippen molar-refractivity contribution in [1.29, 1.82) is 0 Å². The summed E-state index contributed by atoms with van der Waals surface area (Å²) < 4.78 is 26.7. The number of nitrogens with one attached hydrogen (secondary N) is 2. The van der Waals surface area contributed by atoms with E-state index in [2.05, 4.69) is 17.0 Å². The maximum Gasteiger partial charge on any atom is 0.211 e. The molecular formula is C14H28N2O2S. The fourth-order valence-electron chi connectivity index (χ4n) is 2.78. The third-order valence-corrected chi connectivity index (χ3v) is 5.69. The van der Waals surface area contributed by atoms with Crippen molar-refractivity contribution in [2.45, 2.75) is 45.4 Å². The molecule has 5 heteroatoms. The van der Waals surface area contributed by atoms with Gasteiger partial charge in [0.1, 0.15) is 0 Å². The second-order valence-electron chi connectivity index (χ2n) is 6.07. The van der Waals surface area contributed by atoms with Gasteiger partial charge in [0, 0.05) is 6.54 Å². The molecule has 2 N–H and O–H groups in total. The first kappa shape index (κ1) is 15.3. The molecule has 0 heterocycles. The van der Waals surface area contributed by atoms with E-state index in [0.29, 0.717) is 12.5 Å². The number of rotatable bonds is 11. The number of unbranched alkanes of at least 4 members (excludes halogenated alkanes) is 1. The Morgan fingerprint density at radius 3 is 2.26 bits per heavy atom. The van der Waals surface area contributed by atoms with Crippen LogP contribution >= 0.6 is 0 Å². The lowest BCUT2D eigenvalue weighted by atomic mass is 9.99. The van der Waals surface area contributed by atoms with Crippen LogP contribution in [0.1, 0.15) is 45.4 Å². The number of hydrogen-bond acceptors (Lipinski definition) is 3. The van der Waals surface area contributed by atoms with Crippen molar-refractivity contribution in [3.8, 4) is 0 Å². The fourth-order valence-corrected chi connectivity index (χ4v) is 3.96. The van der Waals surface area contributed by atoms with Gasteiger partial charge in [-0.2, -0.15) is 0 Å². The molecular weight excluding hydrogens is 260 g/mol. The number of hydrogen-bond donors (Lipinski definition) is 2. The second kappa shape index (κ2) is 7.04. The molecule has 2 aliphatic carbocycles. The van der Waals surface area contributed by atoms with Crippen LogP contribution in [-0.4, -0.2) is 33.8 Å². The van der Waals surface area contributed by atoms with Crippen LogP contribution in [-0.2, 0) is 10.0 Å². The molecule has 0 saturated heterocycles. The van der Waals surface area contributed by atoms with Crippen LogP contribution in [0.15, 0.2) is 0 Å². The minimum atomic E-state index is -3.05. The molecule has 0 aromatic heterocycles. The molecule has 2 fully saturated rings. The highest BCUT2D eigenvalue weighted by Gasteiger charge is 2.41. The Kier molecular flexibility index (Phi) is 5.66. The zero-order valence-electron chi connectivity index (χ0n) is 12.0. The first-order chi connectivity index (χ1) is 9.12. The molecule has 0 aromatic carbocycles. The first-order valence-corrected chi connectivity index (χ1v) is 9.45. The highest BCUT2D eigenvalue weighted by molar-refractivity contribution is 7.89. The Bertz CT molecular complexity index is 350. The van der Waals surface area contributed by atoms with Gasteiger partial charge >= 0.3 is 0 Å². The Labute approximate surface area is 117 Å². The first-order valence-electron chi connectivity index (χ1n) is 7.80. The van der Waals surface area contributed by atoms with E-state index in [1.54, 1.807) is 0 Å². The van der Waals surface area contributed by atoms with E-state index in [1.165, 1.54) is 25.7 Å². The average Bonchev–Trinajstić information content (AvgIpc) is 3.22. The van der Waals surface area contributed by atoms with Gasteiger partial charge in [-0.3, -0.25) is 0 Å². The van der Waals surface area contributed by atoms with Crippen LogP contribution in [0.3, 0.4) is 0 Å². The number of sulfonamides is 1. The van der Waals surface area contributed by atoms with Crippen molar-refractivity contribution in [1.82, 2.24) is 10.0 Å². The molecule has 4 nitrogen and oxygen atoms in total. The summed E-state index contributed by atoms with van der Waals surface area (Å²) in [6.45, 7) is 4.62. The summed E-state index contributed by atoms with van der Waals surface area (Å²) in [7, 11) is -3.05. The summed E-state index contributed by atoms with van der Waals surface area (Å²) in [4.78, 5) is 0. The summed E-state index contributed by atoms with van der Waals surface area (Å²) in [5.41, 5.74) is 0. The van der Waals surface area contributed by atoms with Crippen LogP contribution in [0.4, 0.5) is 0 Å². The van der Waals surface area contributed by atoms with E-state index in [9.17, 15) is 8.42 Å². The lowest BCUT2D eigenvalue weighted by Crippen LogP contribution is -2.33. The van der Waals surface area contributed by atoms with Crippen molar-refractivity contribution in [2.75, 3.05) is 25.4 Å². The van der Waals surface area contributed by atoms with Crippen molar-refractivity contribution < 1.29 is 8.42 Å². The Morgan fingerprint density at radius 2 is 1.74 bits per heavy atom. The molecule has 0 aromatic rings. The quantitative estimate of drug-likeness (QED) is 0.569. The van der Waals surface area contributed by atoms with E-state index in [1.807, 2.05) is 0 Å². The SMILES string of the molecule is CCNCCCCS(=O)(=O)NCC(C1CC1)C1CC1. The van der Waals surface area contributed by atoms with Crippen molar-refractivity contribution in [3.63, 3.8) is 0 Å². The zero-order valence-corrected chi connectivity index (χ0v) is 12.8. The van der Waals surface area contributed by atoms with E-state index in [-0.39, 0.29) is 5.75 Å². The summed E-state index contributed by atoms with van der Waals surface area (Å²) in [5.74, 6) is 2.52. The van der Waals surface area contributed by atoms with Crippen LogP contribution in [0.2, 0.25) is 0 Å². The molecule has 112 valence electrons. The minimum Gasteiger partial charge on any atom is -0.317 e. The molecule has 2 saturated carbocycles. The van der Waals surface area contributed by atoms with Gasteiger partial charge in [-0.1, -0.05) is 6.92 Å². The van der Waals surface area contributed by atoms with Crippen LogP contribution in [0.5, 0.6) is 0 Å². The minimum absolute atomic E-state index is 0.278. The molecule has 0 spiro atoms. The molecule has 0 radical (unpaired) electrons. The van der Waals surface area contributed by atoms with Gasteiger partial charge in [0.15, 0.2) is 0 Å². The van der Waals surface area contributed by atoms with E-state index in [4.69, 9.17) is 0 Å². The topological polar surface area (TPSA) is 58.2 Å². The maximum atomic E-state index is 11.9. The smallest absolute Gasteiger partial charge is 0.211 e. The van der Waals surface area contributed by atoms with Crippen molar-refractivity contribution >= 4 is 10.0 Å². The van der Waals surface area contributed by atoms with Gasteiger partial charge in [-0.15, -0.1) is 0 Å². The van der Waals surface area contributed by atoms with E-state index < -0.39 is 10.0 Å². The van der Waals surface area contributed by atoms with Crippen molar-refractivity contribution in [2.24, 2.45) is 17.8 Å². The van der Waals surface area contributed by atoms with Gasteiger partial charge in [0.2, 0.25) is 10.0 Å². The summed E-state index contributed by atoms with van der Waals surface area (Å²) in [6.07, 6.45) is 6.93. The molecule has 0 aliphatic heterocycles. The molecule has 19 heavy (non-hydrogen) atoms. The van der Waals surface area contributed by atoms with Gasteiger partial charge in [0.05, 0.1) is 5.75 Å². The lowest BCUT2D eigenvalue weighted by Gasteiger charge is -2.16. The van der Waals surface area contributed by atoms with Crippen LogP contribution < -0.4 is 10.0 Å². The maximum absolute atomic E-state index is 11.9. The Balaban J connectivity index is 1.62. The Hall–Kier alpha value is -0.130. The molecule has 0 atom stereocenters. The van der Waals surface area contributed by atoms with E-state index in [0.717, 1.165) is 37.8 Å².